The summed E-state index contributed by atoms with van der Waals surface area (Å²) in [4.78, 5) is 12.1. The maximum atomic E-state index is 12.1. The molecule has 0 aromatic rings. The van der Waals surface area contributed by atoms with Crippen molar-refractivity contribution >= 4 is 17.5 Å². The molecule has 0 saturated heterocycles. The summed E-state index contributed by atoms with van der Waals surface area (Å²) < 4.78 is 0. The van der Waals surface area contributed by atoms with E-state index in [0.717, 1.165) is 19.3 Å². The van der Waals surface area contributed by atoms with Crippen LogP contribution in [0, 0.1) is 5.41 Å². The lowest BCUT2D eigenvalue weighted by atomic mass is 9.75. The molecule has 1 rings (SSSR count). The zero-order chi connectivity index (χ0) is 11.3. The highest BCUT2D eigenvalue weighted by atomic mass is 35.5. The van der Waals surface area contributed by atoms with Crippen molar-refractivity contribution in [3.8, 4) is 0 Å². The number of amides is 1. The van der Waals surface area contributed by atoms with Gasteiger partial charge < -0.3 is 5.32 Å². The summed E-state index contributed by atoms with van der Waals surface area (Å²) in [6, 6.07) is 0.137. The van der Waals surface area contributed by atoms with E-state index < -0.39 is 0 Å². The van der Waals surface area contributed by atoms with Gasteiger partial charge in [0.1, 0.15) is 0 Å². The van der Waals surface area contributed by atoms with Crippen molar-refractivity contribution in [2.75, 3.05) is 5.88 Å². The van der Waals surface area contributed by atoms with Gasteiger partial charge in [0.2, 0.25) is 5.91 Å². The number of hydrogen-bond donors (Lipinski definition) is 1. The number of hydrogen-bond acceptors (Lipinski definition) is 1. The van der Waals surface area contributed by atoms with Gasteiger partial charge >= 0.3 is 0 Å². The third kappa shape index (κ3) is 3.37. The van der Waals surface area contributed by atoms with E-state index in [2.05, 4.69) is 19.2 Å². The molecule has 1 unspecified atom stereocenters. The Morgan fingerprint density at radius 1 is 1.40 bits per heavy atom. The maximum Gasteiger partial charge on any atom is 0.226 e. The molecule has 0 radical (unpaired) electrons. The van der Waals surface area contributed by atoms with Gasteiger partial charge in [-0.05, 0) is 19.3 Å². The van der Waals surface area contributed by atoms with Gasteiger partial charge in [0.15, 0.2) is 0 Å². The second-order valence-corrected chi connectivity index (χ2v) is 5.16. The van der Waals surface area contributed by atoms with Crippen LogP contribution >= 0.6 is 11.6 Å². The van der Waals surface area contributed by atoms with Crippen LogP contribution in [0.3, 0.4) is 0 Å². The lowest BCUT2D eigenvalue weighted by Gasteiger charge is -2.33. The van der Waals surface area contributed by atoms with Gasteiger partial charge in [-0.3, -0.25) is 4.79 Å². The fraction of sp³-hybridized carbons (Fsp3) is 0.917. The lowest BCUT2D eigenvalue weighted by molar-refractivity contribution is -0.132. The van der Waals surface area contributed by atoms with E-state index in [1.807, 2.05) is 0 Å². The Kier molecular flexibility index (Phi) is 4.91. The van der Waals surface area contributed by atoms with Gasteiger partial charge in [0, 0.05) is 17.3 Å². The molecule has 0 spiro atoms. The van der Waals surface area contributed by atoms with Gasteiger partial charge in [0.05, 0.1) is 0 Å². The highest BCUT2D eigenvalue weighted by Crippen LogP contribution is 2.35. The molecule has 88 valence electrons. The van der Waals surface area contributed by atoms with Gasteiger partial charge in [-0.25, -0.2) is 0 Å². The molecule has 0 aliphatic heterocycles. The molecular formula is C12H22ClNO. The third-order valence-electron chi connectivity index (χ3n) is 3.52. The van der Waals surface area contributed by atoms with Gasteiger partial charge in [0.25, 0.3) is 0 Å². The van der Waals surface area contributed by atoms with E-state index in [9.17, 15) is 4.79 Å². The summed E-state index contributed by atoms with van der Waals surface area (Å²) in [5.41, 5.74) is -0.141. The monoisotopic (exact) mass is 231 g/mol. The highest BCUT2D eigenvalue weighted by Gasteiger charge is 2.34. The predicted molar refractivity (Wildman–Crippen MR) is 64.1 cm³/mol. The van der Waals surface area contributed by atoms with Crippen molar-refractivity contribution in [3.05, 3.63) is 0 Å². The van der Waals surface area contributed by atoms with Crippen molar-refractivity contribution in [2.45, 2.75) is 58.4 Å². The molecule has 1 amide bonds. The standard InChI is InChI=1S/C12H22ClNO/c1-3-10(9-13)14-11(15)12(2)7-5-4-6-8-12/h10H,3-9H2,1-2H3,(H,14,15). The Morgan fingerprint density at radius 2 is 2.00 bits per heavy atom. The molecule has 1 N–H and O–H groups in total. The van der Waals surface area contributed by atoms with Crippen LogP contribution in [0.2, 0.25) is 0 Å². The summed E-state index contributed by atoms with van der Waals surface area (Å²) >= 11 is 5.78. The molecule has 1 atom stereocenters. The first-order valence-electron chi connectivity index (χ1n) is 5.99. The van der Waals surface area contributed by atoms with Crippen molar-refractivity contribution < 1.29 is 4.79 Å². The molecule has 1 saturated carbocycles. The lowest BCUT2D eigenvalue weighted by Crippen LogP contribution is -2.45. The topological polar surface area (TPSA) is 29.1 Å². The molecule has 1 aliphatic carbocycles. The number of nitrogens with one attached hydrogen (secondary N) is 1. The quantitative estimate of drug-likeness (QED) is 0.741. The Bertz CT molecular complexity index is 208. The van der Waals surface area contributed by atoms with Gasteiger partial charge in [-0.2, -0.15) is 0 Å². The number of alkyl halides is 1. The molecule has 1 aliphatic rings. The second-order valence-electron chi connectivity index (χ2n) is 4.85. The minimum Gasteiger partial charge on any atom is -0.352 e. The van der Waals surface area contributed by atoms with Crippen LogP contribution in [0.4, 0.5) is 0 Å². The van der Waals surface area contributed by atoms with Crippen LogP contribution in [0.25, 0.3) is 0 Å². The first-order valence-corrected chi connectivity index (χ1v) is 6.53. The second kappa shape index (κ2) is 5.74. The molecule has 2 nitrogen and oxygen atoms in total. The van der Waals surface area contributed by atoms with Crippen LogP contribution in [0.15, 0.2) is 0 Å². The molecule has 1 fully saturated rings. The smallest absolute Gasteiger partial charge is 0.226 e. The van der Waals surface area contributed by atoms with Crippen LogP contribution in [-0.2, 0) is 4.79 Å². The van der Waals surface area contributed by atoms with E-state index in [1.165, 1.54) is 19.3 Å². The molecule has 0 aromatic heterocycles. The molecule has 0 aromatic carbocycles. The summed E-state index contributed by atoms with van der Waals surface area (Å²) in [5, 5.41) is 3.06. The van der Waals surface area contributed by atoms with Crippen molar-refractivity contribution in [3.63, 3.8) is 0 Å². The van der Waals surface area contributed by atoms with E-state index >= 15 is 0 Å². The fourth-order valence-corrected chi connectivity index (χ4v) is 2.46. The average Bonchev–Trinajstić information content (AvgIpc) is 2.26. The Balaban J connectivity index is 2.50. The highest BCUT2D eigenvalue weighted by molar-refractivity contribution is 6.18. The Labute approximate surface area is 97.8 Å². The van der Waals surface area contributed by atoms with Gasteiger partial charge in [-0.1, -0.05) is 33.1 Å². The van der Waals surface area contributed by atoms with E-state index in [0.29, 0.717) is 5.88 Å². The Hall–Kier alpha value is -0.240. The number of rotatable bonds is 4. The molecule has 15 heavy (non-hydrogen) atoms. The fourth-order valence-electron chi connectivity index (χ4n) is 2.17. The normalized spacial score (nSPS) is 22.1. The van der Waals surface area contributed by atoms with Crippen LogP contribution in [0.5, 0.6) is 0 Å². The maximum absolute atomic E-state index is 12.1. The van der Waals surface area contributed by atoms with E-state index in [-0.39, 0.29) is 17.4 Å². The van der Waals surface area contributed by atoms with E-state index in [4.69, 9.17) is 11.6 Å². The molecule has 0 bridgehead atoms. The Morgan fingerprint density at radius 3 is 2.47 bits per heavy atom. The molecular weight excluding hydrogens is 210 g/mol. The predicted octanol–water partition coefficient (Wildman–Crippen LogP) is 3.09. The summed E-state index contributed by atoms with van der Waals surface area (Å²) in [6.07, 6.45) is 6.60. The minimum atomic E-state index is -0.141. The first kappa shape index (κ1) is 12.8. The largest absolute Gasteiger partial charge is 0.352 e. The SMILES string of the molecule is CCC(CCl)NC(=O)C1(C)CCCCC1. The van der Waals surface area contributed by atoms with Crippen LogP contribution in [0.1, 0.15) is 52.4 Å². The number of carbonyl (C=O) groups is 1. The summed E-state index contributed by atoms with van der Waals surface area (Å²) in [5.74, 6) is 0.716. The number of carbonyl (C=O) groups excluding carboxylic acids is 1. The number of halogens is 1. The summed E-state index contributed by atoms with van der Waals surface area (Å²) in [6.45, 7) is 4.14. The average molecular weight is 232 g/mol. The molecule has 0 heterocycles. The zero-order valence-electron chi connectivity index (χ0n) is 9.81. The van der Waals surface area contributed by atoms with Gasteiger partial charge in [-0.15, -0.1) is 11.6 Å². The molecule has 3 heteroatoms. The van der Waals surface area contributed by atoms with Crippen molar-refractivity contribution in [1.82, 2.24) is 5.32 Å². The van der Waals surface area contributed by atoms with Crippen LogP contribution < -0.4 is 5.32 Å². The zero-order valence-corrected chi connectivity index (χ0v) is 10.6. The first-order chi connectivity index (χ1) is 7.12. The van der Waals surface area contributed by atoms with Crippen molar-refractivity contribution in [2.24, 2.45) is 5.41 Å². The van der Waals surface area contributed by atoms with E-state index in [1.54, 1.807) is 0 Å². The van der Waals surface area contributed by atoms with Crippen LogP contribution in [-0.4, -0.2) is 17.8 Å². The minimum absolute atomic E-state index is 0.137. The third-order valence-corrected chi connectivity index (χ3v) is 3.89. The summed E-state index contributed by atoms with van der Waals surface area (Å²) in [7, 11) is 0. The van der Waals surface area contributed by atoms with Crippen molar-refractivity contribution in [1.29, 1.82) is 0 Å².